The Bertz CT molecular complexity index is 316. The normalized spacial score (nSPS) is 14.6. The third-order valence-corrected chi connectivity index (χ3v) is 8.35. The first-order valence-electron chi connectivity index (χ1n) is 7.65. The van der Waals surface area contributed by atoms with Crippen LogP contribution in [-0.2, 0) is 14.0 Å². The van der Waals surface area contributed by atoms with Crippen molar-refractivity contribution < 1.29 is 14.0 Å². The average Bonchev–Trinajstić information content (AvgIpc) is 2.27. The molecule has 1 atom stereocenters. The van der Waals surface area contributed by atoms with Gasteiger partial charge in [0.2, 0.25) is 0 Å². The van der Waals surface area contributed by atoms with Crippen LogP contribution in [0.3, 0.4) is 0 Å². The van der Waals surface area contributed by atoms with Gasteiger partial charge in [0.25, 0.3) is 0 Å². The number of esters is 1. The van der Waals surface area contributed by atoms with E-state index in [1.807, 2.05) is 13.0 Å². The van der Waals surface area contributed by atoms with Gasteiger partial charge in [0.05, 0.1) is 6.61 Å². The molecule has 0 saturated heterocycles. The summed E-state index contributed by atoms with van der Waals surface area (Å²) in [7, 11) is -1.75. The zero-order chi connectivity index (χ0) is 15.8. The fourth-order valence-corrected chi connectivity index (χ4v) is 3.05. The number of rotatable bonds is 8. The van der Waals surface area contributed by atoms with Crippen molar-refractivity contribution in [2.75, 3.05) is 6.61 Å². The van der Waals surface area contributed by atoms with Crippen LogP contribution in [-0.4, -0.2) is 27.0 Å². The molecule has 0 aromatic rings. The van der Waals surface area contributed by atoms with Crippen molar-refractivity contribution in [2.45, 2.75) is 78.1 Å². The van der Waals surface area contributed by atoms with Crippen LogP contribution in [0.4, 0.5) is 0 Å². The maximum atomic E-state index is 11.3. The van der Waals surface area contributed by atoms with Gasteiger partial charge in [0.15, 0.2) is 8.32 Å². The fourth-order valence-electron chi connectivity index (χ4n) is 1.65. The van der Waals surface area contributed by atoms with Crippen molar-refractivity contribution in [3.8, 4) is 0 Å². The Kier molecular flexibility index (Phi) is 8.36. The molecule has 0 fully saturated rings. The Balaban J connectivity index is 4.55. The minimum Gasteiger partial charge on any atom is -0.463 e. The first-order chi connectivity index (χ1) is 9.14. The SMILES string of the molecule is CCC[C@@H](C/C=C/C(=O)OCC)O[Si](C)(C)C(C)(C)C. The first-order valence-corrected chi connectivity index (χ1v) is 10.6. The second kappa shape index (κ2) is 8.62. The van der Waals surface area contributed by atoms with Crippen LogP contribution in [0.15, 0.2) is 12.2 Å². The summed E-state index contributed by atoms with van der Waals surface area (Å²) in [5, 5.41) is 0.212. The predicted molar refractivity (Wildman–Crippen MR) is 87.4 cm³/mol. The van der Waals surface area contributed by atoms with Crippen LogP contribution in [0.2, 0.25) is 18.1 Å². The van der Waals surface area contributed by atoms with Crippen LogP contribution >= 0.6 is 0 Å². The second-order valence-electron chi connectivity index (χ2n) is 6.68. The summed E-state index contributed by atoms with van der Waals surface area (Å²) in [6.07, 6.45) is 6.49. The lowest BCUT2D eigenvalue weighted by atomic mass is 10.1. The zero-order valence-corrected chi connectivity index (χ0v) is 15.3. The fraction of sp³-hybridized carbons (Fsp3) is 0.812. The quantitative estimate of drug-likeness (QED) is 0.371. The van der Waals surface area contributed by atoms with Gasteiger partial charge in [-0.1, -0.05) is 40.2 Å². The number of ether oxygens (including phenoxy) is 1. The van der Waals surface area contributed by atoms with Crippen molar-refractivity contribution in [1.29, 1.82) is 0 Å². The molecule has 0 aliphatic heterocycles. The summed E-state index contributed by atoms with van der Waals surface area (Å²) in [5.41, 5.74) is 0. The van der Waals surface area contributed by atoms with Crippen LogP contribution in [0.5, 0.6) is 0 Å². The highest BCUT2D eigenvalue weighted by atomic mass is 28.4. The van der Waals surface area contributed by atoms with E-state index in [0.717, 1.165) is 19.3 Å². The molecule has 118 valence electrons. The number of hydrogen-bond acceptors (Lipinski definition) is 3. The first kappa shape index (κ1) is 19.4. The Hall–Kier alpha value is -0.613. The lowest BCUT2D eigenvalue weighted by Crippen LogP contribution is -2.43. The minimum absolute atomic E-state index is 0.201. The van der Waals surface area contributed by atoms with E-state index < -0.39 is 8.32 Å². The molecule has 0 amide bonds. The highest BCUT2D eigenvalue weighted by Gasteiger charge is 2.38. The highest BCUT2D eigenvalue weighted by Crippen LogP contribution is 2.38. The minimum atomic E-state index is -1.75. The molecule has 0 spiro atoms. The van der Waals surface area contributed by atoms with Crippen molar-refractivity contribution in [1.82, 2.24) is 0 Å². The molecule has 0 saturated carbocycles. The summed E-state index contributed by atoms with van der Waals surface area (Å²) >= 11 is 0. The van der Waals surface area contributed by atoms with Crippen molar-refractivity contribution >= 4 is 14.3 Å². The van der Waals surface area contributed by atoms with Gasteiger partial charge in [0.1, 0.15) is 0 Å². The summed E-state index contributed by atoms with van der Waals surface area (Å²) in [5.74, 6) is -0.268. The predicted octanol–water partition coefficient (Wildman–Crippen LogP) is 4.69. The molecule has 0 rings (SSSR count). The molecule has 0 N–H and O–H groups in total. The highest BCUT2D eigenvalue weighted by molar-refractivity contribution is 6.74. The average molecular weight is 301 g/mol. The molecule has 0 bridgehead atoms. The largest absolute Gasteiger partial charge is 0.463 e. The third-order valence-electron chi connectivity index (χ3n) is 3.82. The zero-order valence-electron chi connectivity index (χ0n) is 14.3. The monoisotopic (exact) mass is 300 g/mol. The van der Waals surface area contributed by atoms with Crippen LogP contribution < -0.4 is 0 Å². The molecular formula is C16H32O3Si. The van der Waals surface area contributed by atoms with E-state index in [9.17, 15) is 4.79 Å². The summed E-state index contributed by atoms with van der Waals surface area (Å²) in [4.78, 5) is 11.3. The Labute approximate surface area is 125 Å². The van der Waals surface area contributed by atoms with Gasteiger partial charge >= 0.3 is 5.97 Å². The number of hydrogen-bond donors (Lipinski definition) is 0. The maximum absolute atomic E-state index is 11.3. The van der Waals surface area contributed by atoms with E-state index in [2.05, 4.69) is 40.8 Å². The van der Waals surface area contributed by atoms with Crippen LogP contribution in [0.25, 0.3) is 0 Å². The van der Waals surface area contributed by atoms with Gasteiger partial charge in [-0.2, -0.15) is 0 Å². The smallest absolute Gasteiger partial charge is 0.330 e. The Morgan fingerprint density at radius 3 is 2.30 bits per heavy atom. The van der Waals surface area contributed by atoms with E-state index >= 15 is 0 Å². The molecule has 0 aromatic carbocycles. The number of carbonyl (C=O) groups excluding carboxylic acids is 1. The van der Waals surface area contributed by atoms with Gasteiger partial charge in [-0.25, -0.2) is 4.79 Å². The van der Waals surface area contributed by atoms with E-state index in [-0.39, 0.29) is 17.1 Å². The van der Waals surface area contributed by atoms with Crippen molar-refractivity contribution in [3.05, 3.63) is 12.2 Å². The molecule has 20 heavy (non-hydrogen) atoms. The van der Waals surface area contributed by atoms with Gasteiger partial charge in [-0.3, -0.25) is 0 Å². The summed E-state index contributed by atoms with van der Waals surface area (Å²) in [6.45, 7) is 15.7. The lowest BCUT2D eigenvalue weighted by molar-refractivity contribution is -0.137. The Morgan fingerprint density at radius 1 is 1.25 bits per heavy atom. The van der Waals surface area contributed by atoms with Crippen molar-refractivity contribution in [3.63, 3.8) is 0 Å². The summed E-state index contributed by atoms with van der Waals surface area (Å²) < 4.78 is 11.3. The van der Waals surface area contributed by atoms with Gasteiger partial charge in [-0.05, 0) is 37.9 Å². The van der Waals surface area contributed by atoms with Gasteiger partial charge < -0.3 is 9.16 Å². The van der Waals surface area contributed by atoms with E-state index in [1.54, 1.807) is 0 Å². The molecule has 0 aliphatic carbocycles. The third kappa shape index (κ3) is 7.24. The molecule has 0 heterocycles. The van der Waals surface area contributed by atoms with Crippen molar-refractivity contribution in [2.24, 2.45) is 0 Å². The standard InChI is InChI=1S/C16H32O3Si/c1-8-11-14(12-10-13-15(17)18-9-2)19-20(6,7)16(3,4)5/h10,13-14H,8-9,11-12H2,1-7H3/b13-10+/t14-/m0/s1. The van der Waals surface area contributed by atoms with Gasteiger partial charge in [0, 0.05) is 12.2 Å². The van der Waals surface area contributed by atoms with Crippen LogP contribution in [0, 0.1) is 0 Å². The molecule has 0 radical (unpaired) electrons. The molecule has 4 heteroatoms. The molecular weight excluding hydrogens is 268 g/mol. The number of carbonyl (C=O) groups is 1. The topological polar surface area (TPSA) is 35.5 Å². The molecule has 0 aliphatic rings. The lowest BCUT2D eigenvalue weighted by Gasteiger charge is -2.39. The maximum Gasteiger partial charge on any atom is 0.330 e. The second-order valence-corrected chi connectivity index (χ2v) is 11.4. The molecule has 0 aromatic heterocycles. The summed E-state index contributed by atoms with van der Waals surface area (Å²) in [6, 6.07) is 0. The van der Waals surface area contributed by atoms with Crippen LogP contribution in [0.1, 0.15) is 53.9 Å². The van der Waals surface area contributed by atoms with E-state index in [1.165, 1.54) is 6.08 Å². The van der Waals surface area contributed by atoms with Gasteiger partial charge in [-0.15, -0.1) is 0 Å². The van der Waals surface area contributed by atoms with E-state index in [0.29, 0.717) is 6.61 Å². The Morgan fingerprint density at radius 2 is 1.85 bits per heavy atom. The molecule has 3 nitrogen and oxygen atoms in total. The van der Waals surface area contributed by atoms with E-state index in [4.69, 9.17) is 9.16 Å². The molecule has 0 unspecified atom stereocenters.